The normalized spacial score (nSPS) is 13.0. The van der Waals surface area contributed by atoms with E-state index >= 15 is 0 Å². The summed E-state index contributed by atoms with van der Waals surface area (Å²) in [6, 6.07) is 16.2. The summed E-state index contributed by atoms with van der Waals surface area (Å²) in [5.41, 5.74) is 2.41. The van der Waals surface area contributed by atoms with Crippen LogP contribution in [0.25, 0.3) is 11.1 Å². The van der Waals surface area contributed by atoms with Crippen molar-refractivity contribution in [2.75, 3.05) is 26.2 Å². The van der Waals surface area contributed by atoms with Gasteiger partial charge in [-0.05, 0) is 23.3 Å². The second kappa shape index (κ2) is 8.81. The van der Waals surface area contributed by atoms with Gasteiger partial charge < -0.3 is 15.4 Å². The van der Waals surface area contributed by atoms with E-state index in [1.807, 2.05) is 42.5 Å². The maximum absolute atomic E-state index is 12.1. The van der Waals surface area contributed by atoms with Gasteiger partial charge in [-0.25, -0.2) is 4.79 Å². The number of nitrogens with zero attached hydrogens (tertiary/aromatic N) is 1. The molecule has 1 aliphatic heterocycles. The maximum Gasteiger partial charge on any atom is 0.325 e. The van der Waals surface area contributed by atoms with Crippen LogP contribution in [0.15, 0.2) is 54.6 Å². The minimum absolute atomic E-state index is 0.241. The van der Waals surface area contributed by atoms with E-state index < -0.39 is 30.4 Å². The van der Waals surface area contributed by atoms with Crippen LogP contribution in [0.1, 0.15) is 10.4 Å². The number of esters is 1. The third kappa shape index (κ3) is 4.73. The predicted octanol–water partition coefficient (Wildman–Crippen LogP) is 1.18. The highest BCUT2D eigenvalue weighted by atomic mass is 16.5. The summed E-state index contributed by atoms with van der Waals surface area (Å²) in [5, 5.41) is 4.92. The number of benzene rings is 2. The van der Waals surface area contributed by atoms with Crippen LogP contribution < -0.4 is 10.6 Å². The molecule has 28 heavy (non-hydrogen) atoms. The average molecular weight is 381 g/mol. The fourth-order valence-electron chi connectivity index (χ4n) is 2.68. The number of imide groups is 1. The maximum atomic E-state index is 12.1. The van der Waals surface area contributed by atoms with Gasteiger partial charge >= 0.3 is 12.0 Å². The first-order valence-corrected chi connectivity index (χ1v) is 8.72. The Morgan fingerprint density at radius 3 is 2.32 bits per heavy atom. The smallest absolute Gasteiger partial charge is 0.325 e. The third-order valence-electron chi connectivity index (χ3n) is 4.16. The molecule has 0 radical (unpaired) electrons. The molecule has 2 N–H and O–H groups in total. The highest BCUT2D eigenvalue weighted by molar-refractivity contribution is 5.98. The van der Waals surface area contributed by atoms with Crippen LogP contribution in [-0.2, 0) is 14.3 Å². The zero-order chi connectivity index (χ0) is 19.9. The summed E-state index contributed by atoms with van der Waals surface area (Å²) in [4.78, 5) is 47.9. The van der Waals surface area contributed by atoms with E-state index in [1.165, 1.54) is 0 Å². The summed E-state index contributed by atoms with van der Waals surface area (Å²) in [6.07, 6.45) is 0. The van der Waals surface area contributed by atoms with Gasteiger partial charge in [0.15, 0.2) is 6.61 Å². The zero-order valence-electron chi connectivity index (χ0n) is 15.0. The minimum atomic E-state index is -0.762. The highest BCUT2D eigenvalue weighted by Gasteiger charge is 2.26. The van der Waals surface area contributed by atoms with Crippen molar-refractivity contribution in [2.45, 2.75) is 0 Å². The lowest BCUT2D eigenvalue weighted by Crippen LogP contribution is -2.38. The van der Waals surface area contributed by atoms with Gasteiger partial charge in [0.05, 0.1) is 0 Å². The van der Waals surface area contributed by atoms with E-state index in [2.05, 4.69) is 10.6 Å². The van der Waals surface area contributed by atoms with Gasteiger partial charge in [-0.15, -0.1) is 0 Å². The molecule has 2 aromatic carbocycles. The fourth-order valence-corrected chi connectivity index (χ4v) is 2.68. The number of nitrogens with one attached hydrogen (secondary N) is 2. The van der Waals surface area contributed by atoms with Gasteiger partial charge in [0.1, 0.15) is 6.54 Å². The summed E-state index contributed by atoms with van der Waals surface area (Å²) in [5.74, 6) is -1.80. The van der Waals surface area contributed by atoms with Crippen molar-refractivity contribution in [2.24, 2.45) is 0 Å². The predicted molar refractivity (Wildman–Crippen MR) is 100 cm³/mol. The standard InChI is InChI=1S/C20H19N3O5/c24-17(23-11-10-21-20(23)27)13-28-18(25)12-22-19(26)16-8-6-15(7-9-16)14-4-2-1-3-5-14/h1-9H,10-13H2,(H,21,27)(H,22,26). The van der Waals surface area contributed by atoms with E-state index in [1.54, 1.807) is 12.1 Å². The third-order valence-corrected chi connectivity index (χ3v) is 4.16. The van der Waals surface area contributed by atoms with Gasteiger partial charge in [-0.3, -0.25) is 19.3 Å². The summed E-state index contributed by atoms with van der Waals surface area (Å²) >= 11 is 0. The second-order valence-corrected chi connectivity index (χ2v) is 6.06. The molecule has 0 aliphatic carbocycles. The first-order chi connectivity index (χ1) is 13.5. The summed E-state index contributed by atoms with van der Waals surface area (Å²) in [6.45, 7) is -0.310. The van der Waals surface area contributed by atoms with Crippen LogP contribution in [0.3, 0.4) is 0 Å². The largest absolute Gasteiger partial charge is 0.454 e. The SMILES string of the molecule is O=C(CNC(=O)c1ccc(-c2ccccc2)cc1)OCC(=O)N1CCNC1=O. The van der Waals surface area contributed by atoms with Crippen molar-refractivity contribution in [3.8, 4) is 11.1 Å². The van der Waals surface area contributed by atoms with Crippen molar-refractivity contribution in [3.63, 3.8) is 0 Å². The lowest BCUT2D eigenvalue weighted by molar-refractivity contribution is -0.149. The average Bonchev–Trinajstić information content (AvgIpc) is 3.17. The Morgan fingerprint density at radius 2 is 1.68 bits per heavy atom. The van der Waals surface area contributed by atoms with Crippen LogP contribution in [0.5, 0.6) is 0 Å². The number of hydrogen-bond acceptors (Lipinski definition) is 5. The molecule has 0 spiro atoms. The number of hydrogen-bond donors (Lipinski definition) is 2. The lowest BCUT2D eigenvalue weighted by atomic mass is 10.0. The van der Waals surface area contributed by atoms with Gasteiger partial charge in [0.25, 0.3) is 11.8 Å². The Labute approximate surface area is 161 Å². The molecule has 144 valence electrons. The minimum Gasteiger partial charge on any atom is -0.454 e. The molecule has 1 aliphatic rings. The Morgan fingerprint density at radius 1 is 1.00 bits per heavy atom. The molecule has 1 heterocycles. The molecular weight excluding hydrogens is 362 g/mol. The van der Waals surface area contributed by atoms with Gasteiger partial charge in [-0.2, -0.15) is 0 Å². The molecule has 8 nitrogen and oxygen atoms in total. The summed E-state index contributed by atoms with van der Waals surface area (Å²) in [7, 11) is 0. The molecule has 0 atom stereocenters. The number of amides is 4. The van der Waals surface area contributed by atoms with Gasteiger partial charge in [0, 0.05) is 18.7 Å². The Bertz CT molecular complexity index is 880. The van der Waals surface area contributed by atoms with E-state index in [-0.39, 0.29) is 13.1 Å². The van der Waals surface area contributed by atoms with Crippen molar-refractivity contribution < 1.29 is 23.9 Å². The number of urea groups is 1. The van der Waals surface area contributed by atoms with E-state index in [0.717, 1.165) is 16.0 Å². The number of ether oxygens (including phenoxy) is 1. The first kappa shape index (κ1) is 19.1. The highest BCUT2D eigenvalue weighted by Crippen LogP contribution is 2.19. The van der Waals surface area contributed by atoms with Crippen LogP contribution in [0.4, 0.5) is 4.79 Å². The molecule has 1 fully saturated rings. The molecule has 3 rings (SSSR count). The lowest BCUT2D eigenvalue weighted by Gasteiger charge is -2.12. The molecule has 0 bridgehead atoms. The van der Waals surface area contributed by atoms with Crippen molar-refractivity contribution in [1.82, 2.24) is 15.5 Å². The van der Waals surface area contributed by atoms with E-state index in [9.17, 15) is 19.2 Å². The molecule has 2 aromatic rings. The number of carbonyl (C=O) groups excluding carboxylic acids is 4. The van der Waals surface area contributed by atoms with Crippen LogP contribution in [0.2, 0.25) is 0 Å². The van der Waals surface area contributed by atoms with Crippen molar-refractivity contribution >= 4 is 23.8 Å². The zero-order valence-corrected chi connectivity index (χ0v) is 15.0. The van der Waals surface area contributed by atoms with Gasteiger partial charge in [0.2, 0.25) is 0 Å². The fraction of sp³-hybridized carbons (Fsp3) is 0.200. The quantitative estimate of drug-likeness (QED) is 0.731. The van der Waals surface area contributed by atoms with Crippen LogP contribution in [0, 0.1) is 0 Å². The Kier molecular flexibility index (Phi) is 6.01. The molecule has 0 unspecified atom stereocenters. The number of rotatable bonds is 6. The molecule has 0 aromatic heterocycles. The van der Waals surface area contributed by atoms with Crippen molar-refractivity contribution in [3.05, 3.63) is 60.2 Å². The van der Waals surface area contributed by atoms with Crippen LogP contribution >= 0.6 is 0 Å². The molecule has 8 heteroatoms. The Hall–Kier alpha value is -3.68. The molecule has 4 amide bonds. The molecule has 0 saturated carbocycles. The Balaban J connectivity index is 1.45. The van der Waals surface area contributed by atoms with E-state index in [0.29, 0.717) is 12.1 Å². The first-order valence-electron chi connectivity index (χ1n) is 8.72. The van der Waals surface area contributed by atoms with Gasteiger partial charge in [-0.1, -0.05) is 42.5 Å². The van der Waals surface area contributed by atoms with E-state index in [4.69, 9.17) is 4.74 Å². The monoisotopic (exact) mass is 381 g/mol. The number of carbonyl (C=O) groups is 4. The van der Waals surface area contributed by atoms with Crippen LogP contribution in [-0.4, -0.2) is 55.0 Å². The molecular formula is C20H19N3O5. The second-order valence-electron chi connectivity index (χ2n) is 6.06. The topological polar surface area (TPSA) is 105 Å². The van der Waals surface area contributed by atoms with Crippen molar-refractivity contribution in [1.29, 1.82) is 0 Å². The summed E-state index contributed by atoms with van der Waals surface area (Å²) < 4.78 is 4.80. The molecule has 1 saturated heterocycles.